The summed E-state index contributed by atoms with van der Waals surface area (Å²) in [4.78, 5) is 18.9. The van der Waals surface area contributed by atoms with E-state index in [-0.39, 0.29) is 0 Å². The van der Waals surface area contributed by atoms with Crippen LogP contribution in [-0.2, 0) is 4.79 Å². The maximum Gasteiger partial charge on any atom is 0.313 e. The van der Waals surface area contributed by atoms with Gasteiger partial charge >= 0.3 is 4.70 Å². The van der Waals surface area contributed by atoms with Crippen LogP contribution in [-0.4, -0.2) is 10.5 Å². The molecule has 2 nitrogen and oxygen atoms in total. The van der Waals surface area contributed by atoms with E-state index < -0.39 is 4.70 Å². The fraction of sp³-hybridized carbons (Fsp3) is 0.600. The lowest BCUT2D eigenvalue weighted by atomic mass is 9.99. The molecule has 0 aromatic carbocycles. The predicted octanol–water partition coefficient (Wildman–Crippen LogP) is 2.32. The Labute approximate surface area is 63.1 Å². The second-order valence-electron chi connectivity index (χ2n) is 1.62. The molecule has 0 amide bonds. The zero-order chi connectivity index (χ0) is 7.28. The average molecular weight is 169 g/mol. The quantitative estimate of drug-likeness (QED) is 0.521. The number of Topliss-reactive ketones (excluding diaryl/α,β-unsaturated/α-hetero) is 1. The van der Waals surface area contributed by atoms with E-state index in [0.29, 0.717) is 5.78 Å². The lowest BCUT2D eigenvalue weighted by Crippen LogP contribution is -2.07. The lowest BCUT2D eigenvalue weighted by molar-refractivity contribution is -0.123. The molecule has 9 heavy (non-hydrogen) atoms. The van der Waals surface area contributed by atoms with Crippen LogP contribution in [0.5, 0.6) is 0 Å². The van der Waals surface area contributed by atoms with Gasteiger partial charge in [0.1, 0.15) is 5.78 Å². The molecule has 0 aromatic rings. The van der Waals surface area contributed by atoms with E-state index in [1.807, 2.05) is 0 Å². The smallest absolute Gasteiger partial charge is 0.300 e. The van der Waals surface area contributed by atoms with Crippen molar-refractivity contribution in [3.63, 3.8) is 0 Å². The van der Waals surface area contributed by atoms with E-state index in [2.05, 4.69) is 23.2 Å². The molecule has 0 atom stereocenters. The second kappa shape index (κ2) is 4.77. The molecule has 0 N–H and O–H groups in total. The first kappa shape index (κ1) is 8.92. The van der Waals surface area contributed by atoms with Crippen LogP contribution >= 0.6 is 23.2 Å². The van der Waals surface area contributed by atoms with Crippen LogP contribution in [0.2, 0.25) is 0 Å². The first-order valence-corrected chi connectivity index (χ1v) is 3.25. The first-order chi connectivity index (χ1) is 4.13. The fourth-order valence-corrected chi connectivity index (χ4v) is 0.321. The van der Waals surface area contributed by atoms with Crippen LogP contribution in [0.1, 0.15) is 19.3 Å². The predicted molar refractivity (Wildman–Crippen MR) is 36.0 cm³/mol. The highest BCUT2D eigenvalue weighted by Gasteiger charge is 2.09. The maximum absolute atomic E-state index is 9.90. The first-order valence-electron chi connectivity index (χ1n) is 2.49. The number of carbonyl (C=O) groups excluding carboxylic acids is 2. The molecule has 52 valence electrons. The van der Waals surface area contributed by atoms with Gasteiger partial charge in [-0.3, -0.25) is 9.59 Å². The minimum Gasteiger partial charge on any atom is -0.300 e. The van der Waals surface area contributed by atoms with Crippen LogP contribution in [0.3, 0.4) is 0 Å². The molecule has 1 fully saturated rings. The molecule has 1 aliphatic carbocycles. The molecule has 4 heteroatoms. The Morgan fingerprint density at radius 3 is 1.56 bits per heavy atom. The summed E-state index contributed by atoms with van der Waals surface area (Å²) in [7, 11) is 0. The zero-order valence-corrected chi connectivity index (χ0v) is 6.21. The van der Waals surface area contributed by atoms with Gasteiger partial charge < -0.3 is 0 Å². The standard InChI is InChI=1S/C4H6O.CCl2O/c5-4-2-1-3-4;2-1(3)4/h1-3H2;. The van der Waals surface area contributed by atoms with Crippen molar-refractivity contribution in [1.82, 2.24) is 0 Å². The summed E-state index contributed by atoms with van der Waals surface area (Å²) in [6.07, 6.45) is 2.83. The third kappa shape index (κ3) is 7.92. The van der Waals surface area contributed by atoms with Gasteiger partial charge in [0, 0.05) is 12.8 Å². The monoisotopic (exact) mass is 168 g/mol. The molecule has 0 unspecified atom stereocenters. The van der Waals surface area contributed by atoms with E-state index in [4.69, 9.17) is 4.79 Å². The van der Waals surface area contributed by atoms with Crippen molar-refractivity contribution in [1.29, 1.82) is 0 Å². The minimum atomic E-state index is -0.889. The van der Waals surface area contributed by atoms with Gasteiger partial charge in [0.2, 0.25) is 0 Å². The average Bonchev–Trinajstić information content (AvgIpc) is 1.59. The van der Waals surface area contributed by atoms with Crippen molar-refractivity contribution in [3.05, 3.63) is 0 Å². The third-order valence-corrected chi connectivity index (χ3v) is 0.911. The molecule has 1 aliphatic rings. The Morgan fingerprint density at radius 1 is 1.33 bits per heavy atom. The molecule has 0 aliphatic heterocycles. The zero-order valence-electron chi connectivity index (χ0n) is 4.69. The molecule has 0 spiro atoms. The van der Waals surface area contributed by atoms with Crippen molar-refractivity contribution in [3.8, 4) is 0 Å². The van der Waals surface area contributed by atoms with Crippen LogP contribution < -0.4 is 0 Å². The van der Waals surface area contributed by atoms with Gasteiger partial charge in [0.05, 0.1) is 0 Å². The lowest BCUT2D eigenvalue weighted by Gasteiger charge is -2.05. The Kier molecular flexibility index (Phi) is 4.72. The van der Waals surface area contributed by atoms with E-state index in [1.54, 1.807) is 0 Å². The number of rotatable bonds is 0. The molecular weight excluding hydrogens is 163 g/mol. The Morgan fingerprint density at radius 2 is 1.56 bits per heavy atom. The van der Waals surface area contributed by atoms with Crippen molar-refractivity contribution >= 4 is 33.7 Å². The molecule has 0 radical (unpaired) electrons. The van der Waals surface area contributed by atoms with Crippen molar-refractivity contribution in [2.75, 3.05) is 0 Å². The molecule has 1 saturated carbocycles. The number of carbonyl (C=O) groups is 2. The van der Waals surface area contributed by atoms with Crippen LogP contribution in [0.15, 0.2) is 0 Å². The van der Waals surface area contributed by atoms with Gasteiger partial charge in [-0.25, -0.2) is 0 Å². The number of hydrogen-bond acceptors (Lipinski definition) is 2. The highest BCUT2D eigenvalue weighted by molar-refractivity contribution is 6.93. The molecule has 0 heterocycles. The summed E-state index contributed by atoms with van der Waals surface area (Å²) in [5, 5.41) is 0. The SMILES string of the molecule is O=C(Cl)Cl.O=C1CCC1. The van der Waals surface area contributed by atoms with Gasteiger partial charge in [-0.2, -0.15) is 0 Å². The van der Waals surface area contributed by atoms with E-state index >= 15 is 0 Å². The summed E-state index contributed by atoms with van der Waals surface area (Å²) in [6, 6.07) is 0. The molecule has 1 rings (SSSR count). The highest BCUT2D eigenvalue weighted by atomic mass is 35.5. The highest BCUT2D eigenvalue weighted by Crippen LogP contribution is 2.10. The van der Waals surface area contributed by atoms with E-state index in [0.717, 1.165) is 19.3 Å². The number of ketones is 1. The summed E-state index contributed by atoms with van der Waals surface area (Å²) < 4.78 is -0.889. The van der Waals surface area contributed by atoms with Crippen molar-refractivity contribution in [2.24, 2.45) is 0 Å². The van der Waals surface area contributed by atoms with Gasteiger partial charge in [0.25, 0.3) is 0 Å². The number of hydrogen-bond donors (Lipinski definition) is 0. The summed E-state index contributed by atoms with van der Waals surface area (Å²) >= 11 is 8.80. The van der Waals surface area contributed by atoms with E-state index in [9.17, 15) is 4.79 Å². The van der Waals surface area contributed by atoms with Gasteiger partial charge in [-0.15, -0.1) is 0 Å². The third-order valence-electron chi connectivity index (χ3n) is 0.911. The van der Waals surface area contributed by atoms with Crippen LogP contribution in [0.4, 0.5) is 4.79 Å². The summed E-state index contributed by atoms with van der Waals surface area (Å²) in [5.74, 6) is 0.435. The second-order valence-corrected chi connectivity index (χ2v) is 2.50. The van der Waals surface area contributed by atoms with Gasteiger partial charge in [-0.1, -0.05) is 0 Å². The fourth-order valence-electron chi connectivity index (χ4n) is 0.321. The van der Waals surface area contributed by atoms with Crippen LogP contribution in [0, 0.1) is 0 Å². The Hall–Kier alpha value is -0.0800. The minimum absolute atomic E-state index is 0.435. The van der Waals surface area contributed by atoms with Gasteiger partial charge in [-0.05, 0) is 29.6 Å². The molecular formula is C5H6Cl2O2. The van der Waals surface area contributed by atoms with Gasteiger partial charge in [0.15, 0.2) is 0 Å². The van der Waals surface area contributed by atoms with Crippen molar-refractivity contribution < 1.29 is 9.59 Å². The Bertz CT molecular complexity index is 112. The topological polar surface area (TPSA) is 34.1 Å². The van der Waals surface area contributed by atoms with Crippen molar-refractivity contribution in [2.45, 2.75) is 19.3 Å². The maximum atomic E-state index is 9.90. The van der Waals surface area contributed by atoms with E-state index in [1.165, 1.54) is 0 Å². The summed E-state index contributed by atoms with van der Waals surface area (Å²) in [6.45, 7) is 0. The van der Waals surface area contributed by atoms with Crippen LogP contribution in [0.25, 0.3) is 0 Å². The molecule has 0 saturated heterocycles. The largest absolute Gasteiger partial charge is 0.313 e. The summed E-state index contributed by atoms with van der Waals surface area (Å²) in [5.41, 5.74) is 0. The molecule has 0 aromatic heterocycles. The Balaban J connectivity index is 0.000000148. The normalized spacial score (nSPS) is 15.1. The number of halogens is 2. The molecule has 0 bridgehead atoms.